The fourth-order valence-corrected chi connectivity index (χ4v) is 7.47. The van der Waals surface area contributed by atoms with Gasteiger partial charge in [0, 0.05) is 39.6 Å². The third-order valence-corrected chi connectivity index (χ3v) is 10.4. The lowest BCUT2D eigenvalue weighted by atomic mass is 10.0. The van der Waals surface area contributed by atoms with Crippen LogP contribution in [0.15, 0.2) is 121 Å². The molecule has 0 radical (unpaired) electrons. The first kappa shape index (κ1) is 48.0. The highest BCUT2D eigenvalue weighted by Crippen LogP contribution is 2.40. The van der Waals surface area contributed by atoms with Gasteiger partial charge in [-0.25, -0.2) is 14.4 Å². The van der Waals surface area contributed by atoms with Gasteiger partial charge in [0.05, 0.1) is 22.4 Å². The van der Waals surface area contributed by atoms with E-state index in [9.17, 15) is 33.6 Å². The summed E-state index contributed by atoms with van der Waals surface area (Å²) in [4.78, 5) is 92.2. The van der Waals surface area contributed by atoms with Crippen molar-refractivity contribution in [1.82, 2.24) is 9.13 Å². The Morgan fingerprint density at radius 2 is 1.11 bits per heavy atom. The van der Waals surface area contributed by atoms with Crippen molar-refractivity contribution in [2.75, 3.05) is 13.2 Å². The molecule has 1 aliphatic heterocycles. The van der Waals surface area contributed by atoms with Crippen LogP contribution >= 0.6 is 12.2 Å². The van der Waals surface area contributed by atoms with Crippen LogP contribution in [0.25, 0.3) is 5.69 Å². The van der Waals surface area contributed by atoms with Crippen LogP contribution in [0.5, 0.6) is 0 Å². The Morgan fingerprint density at radius 3 is 1.61 bits per heavy atom. The molecule has 1 saturated heterocycles. The maximum atomic E-state index is 14.1. The topological polar surface area (TPSA) is 203 Å². The Kier molecular flexibility index (Phi) is 16.0. The molecule has 0 N–H and O–H groups in total. The normalized spacial score (nSPS) is 17.8. The highest BCUT2D eigenvalue weighted by Gasteiger charge is 2.53. The second-order valence-electron chi connectivity index (χ2n) is 15.0. The van der Waals surface area contributed by atoms with Crippen molar-refractivity contribution in [2.24, 2.45) is 0 Å². The third-order valence-electron chi connectivity index (χ3n) is 10.0. The summed E-state index contributed by atoms with van der Waals surface area (Å²) in [6.07, 6.45) is -9.80. The smallest absolute Gasteiger partial charge is 0.338 e. The van der Waals surface area contributed by atoms with Crippen molar-refractivity contribution in [2.45, 2.75) is 77.5 Å². The third kappa shape index (κ3) is 12.0. The lowest BCUT2D eigenvalue weighted by Crippen LogP contribution is -2.45. The van der Waals surface area contributed by atoms with Crippen LogP contribution in [0.2, 0.25) is 0 Å². The van der Waals surface area contributed by atoms with E-state index < -0.39 is 97.9 Å². The van der Waals surface area contributed by atoms with Crippen molar-refractivity contribution in [3.63, 3.8) is 0 Å². The van der Waals surface area contributed by atoms with Gasteiger partial charge in [0.1, 0.15) is 19.3 Å². The van der Waals surface area contributed by atoms with E-state index in [4.69, 9.17) is 50.1 Å². The zero-order valence-corrected chi connectivity index (χ0v) is 37.2. The quantitative estimate of drug-likeness (QED) is 0.0551. The first-order valence-corrected chi connectivity index (χ1v) is 21.0. The largest absolute Gasteiger partial charge is 0.462 e. The monoisotopic (exact) mass is 922 g/mol. The number of carbonyl (C=O) groups excluding carboxylic acids is 7. The molecule has 1 aliphatic rings. The molecule has 7 atom stereocenters. The molecule has 0 amide bonds. The van der Waals surface area contributed by atoms with E-state index in [0.717, 1.165) is 33.3 Å². The minimum absolute atomic E-state index is 0.0857. The zero-order chi connectivity index (χ0) is 47.5. The average Bonchev–Trinajstić information content (AvgIpc) is 3.81. The van der Waals surface area contributed by atoms with E-state index in [1.54, 1.807) is 66.7 Å². The van der Waals surface area contributed by atoms with Crippen molar-refractivity contribution in [3.05, 3.63) is 154 Å². The Balaban J connectivity index is 1.59. The van der Waals surface area contributed by atoms with Crippen LogP contribution in [0.3, 0.4) is 0 Å². The van der Waals surface area contributed by atoms with E-state index in [-0.39, 0.29) is 27.2 Å². The van der Waals surface area contributed by atoms with Crippen molar-refractivity contribution >= 4 is 54.0 Å². The van der Waals surface area contributed by atoms with E-state index in [1.165, 1.54) is 51.7 Å². The van der Waals surface area contributed by atoms with Gasteiger partial charge in [-0.05, 0) is 67.7 Å². The molecular formula is C48H46N2O15S. The Bertz CT molecular complexity index is 2600. The number of aryl methyl sites for hydroxylation is 1. The van der Waals surface area contributed by atoms with Crippen LogP contribution in [-0.2, 0) is 57.1 Å². The standard InChI is InChI=1S/C48H46N2O15S/c1-28-21-23-36(24-22-28)49-25-37(40(61-31(4)53)41(62-32(5)54)38(60-30(3)52)26-58-29(2)51)50(48(49)66)44-43(65-47(57)35-19-13-8-14-20-35)42(64-46(56)34-17-11-7-12-18-34)39(63-44)27-59-45(55)33-15-9-6-10-16-33/h6-25,38-44H,26-27H2,1-5H3/t38-,39-,40-,41-,42-,43-,44-/m1/s1. The van der Waals surface area contributed by atoms with Crippen LogP contribution < -0.4 is 0 Å². The van der Waals surface area contributed by atoms with Crippen molar-refractivity contribution in [3.8, 4) is 5.69 Å². The number of rotatable bonds is 17. The van der Waals surface area contributed by atoms with Crippen LogP contribution in [0.4, 0.5) is 0 Å². The molecule has 4 aromatic carbocycles. The Hall–Kier alpha value is -7.44. The van der Waals surface area contributed by atoms with E-state index in [2.05, 4.69) is 0 Å². The van der Waals surface area contributed by atoms with Crippen molar-refractivity contribution in [1.29, 1.82) is 0 Å². The van der Waals surface area contributed by atoms with Gasteiger partial charge in [0.2, 0.25) is 0 Å². The Morgan fingerprint density at radius 1 is 0.606 bits per heavy atom. The zero-order valence-electron chi connectivity index (χ0n) is 36.4. The summed E-state index contributed by atoms with van der Waals surface area (Å²) in [7, 11) is 0. The molecule has 0 bridgehead atoms. The van der Waals surface area contributed by atoms with Crippen molar-refractivity contribution < 1.29 is 71.5 Å². The van der Waals surface area contributed by atoms with Gasteiger partial charge >= 0.3 is 41.8 Å². The minimum Gasteiger partial charge on any atom is -0.462 e. The first-order chi connectivity index (χ1) is 31.6. The number of benzene rings is 4. The summed E-state index contributed by atoms with van der Waals surface area (Å²) in [6, 6.07) is 31.1. The second-order valence-corrected chi connectivity index (χ2v) is 15.3. The molecule has 1 fully saturated rings. The van der Waals surface area contributed by atoms with Gasteiger partial charge in [-0.3, -0.25) is 28.3 Å². The summed E-state index contributed by atoms with van der Waals surface area (Å²) in [5.41, 5.74) is 1.71. The van der Waals surface area contributed by atoms with E-state index >= 15 is 0 Å². The highest BCUT2D eigenvalue weighted by atomic mass is 32.1. The summed E-state index contributed by atoms with van der Waals surface area (Å²) in [6.45, 7) is 4.97. The fraction of sp³-hybridized carbons (Fsp3) is 0.292. The number of imidazole rings is 1. The van der Waals surface area contributed by atoms with Gasteiger partial charge < -0.3 is 37.9 Å². The lowest BCUT2D eigenvalue weighted by molar-refractivity contribution is -0.191. The maximum absolute atomic E-state index is 14.1. The molecule has 344 valence electrons. The molecule has 18 heteroatoms. The van der Waals surface area contributed by atoms with Crippen LogP contribution in [0, 0.1) is 11.7 Å². The molecule has 0 saturated carbocycles. The first-order valence-electron chi connectivity index (χ1n) is 20.6. The van der Waals surface area contributed by atoms with Gasteiger partial charge in [-0.2, -0.15) is 0 Å². The van der Waals surface area contributed by atoms with E-state index in [1.807, 2.05) is 19.1 Å². The SMILES string of the molecule is CC(=O)OC[C@@H](OC(C)=O)[C@@H](OC(C)=O)[C@H](OC(C)=O)c1cn(-c2ccc(C)cc2)c(=S)n1[C@@H]1O[C@H](COC(=O)c2ccccc2)[C@@H](OC(=O)c2ccccc2)[C@H]1OC(=O)c1ccccc1. The summed E-state index contributed by atoms with van der Waals surface area (Å²) < 4.78 is 50.0. The number of hydrogen-bond donors (Lipinski definition) is 0. The maximum Gasteiger partial charge on any atom is 0.338 e. The lowest BCUT2D eigenvalue weighted by Gasteiger charge is -2.33. The molecule has 0 unspecified atom stereocenters. The van der Waals surface area contributed by atoms with Crippen LogP contribution in [-0.4, -0.2) is 94.7 Å². The molecule has 0 spiro atoms. The molecule has 5 aromatic rings. The highest BCUT2D eigenvalue weighted by molar-refractivity contribution is 7.71. The molecule has 17 nitrogen and oxygen atoms in total. The van der Waals surface area contributed by atoms with Gasteiger partial charge in [-0.1, -0.05) is 72.3 Å². The number of carbonyl (C=O) groups is 7. The van der Waals surface area contributed by atoms with Gasteiger partial charge in [-0.15, -0.1) is 0 Å². The average molecular weight is 923 g/mol. The minimum atomic E-state index is -1.76. The summed E-state index contributed by atoms with van der Waals surface area (Å²) in [5.74, 6) is -5.96. The van der Waals surface area contributed by atoms with Gasteiger partial charge in [0.25, 0.3) is 0 Å². The molecule has 2 heterocycles. The van der Waals surface area contributed by atoms with Crippen LogP contribution in [0.1, 0.15) is 82.4 Å². The summed E-state index contributed by atoms with van der Waals surface area (Å²) in [5, 5.41) is 0. The number of esters is 7. The number of aromatic nitrogens is 2. The number of hydrogen-bond acceptors (Lipinski definition) is 16. The molecule has 66 heavy (non-hydrogen) atoms. The number of ether oxygens (including phenoxy) is 8. The summed E-state index contributed by atoms with van der Waals surface area (Å²) >= 11 is 6.17. The Labute approximate surface area is 384 Å². The molecule has 1 aromatic heterocycles. The predicted molar refractivity (Wildman–Crippen MR) is 234 cm³/mol. The molecule has 0 aliphatic carbocycles. The second kappa shape index (κ2) is 22.0. The fourth-order valence-electron chi connectivity index (χ4n) is 7.11. The number of nitrogens with zero attached hydrogens (tertiary/aromatic N) is 2. The molecular weight excluding hydrogens is 877 g/mol. The van der Waals surface area contributed by atoms with E-state index in [0.29, 0.717) is 5.69 Å². The predicted octanol–water partition coefficient (Wildman–Crippen LogP) is 6.55. The van der Waals surface area contributed by atoms with Gasteiger partial charge in [0.15, 0.2) is 41.5 Å². The molecule has 6 rings (SSSR count).